The van der Waals surface area contributed by atoms with Crippen LogP contribution in [0.15, 0.2) is 42.5 Å². The number of halogens is 2. The minimum Gasteiger partial charge on any atom is -0.490 e. The van der Waals surface area contributed by atoms with E-state index in [9.17, 15) is 0 Å². The van der Waals surface area contributed by atoms with Gasteiger partial charge in [-0.15, -0.1) is 0 Å². The maximum absolute atomic E-state index is 6.00. The fourth-order valence-corrected chi connectivity index (χ4v) is 2.08. The van der Waals surface area contributed by atoms with Gasteiger partial charge in [0.2, 0.25) is 0 Å². The Morgan fingerprint density at radius 1 is 0.950 bits per heavy atom. The van der Waals surface area contributed by atoms with E-state index in [1.165, 1.54) is 0 Å². The molecule has 2 rings (SSSR count). The number of ether oxygens (including phenoxy) is 2. The Bertz CT molecular complexity index is 558. The molecule has 0 saturated heterocycles. The van der Waals surface area contributed by atoms with Gasteiger partial charge >= 0.3 is 0 Å². The molecule has 5 heteroatoms. The molecule has 0 amide bonds. The van der Waals surface area contributed by atoms with E-state index in [1.807, 2.05) is 31.3 Å². The van der Waals surface area contributed by atoms with Crippen molar-refractivity contribution in [1.29, 1.82) is 0 Å². The lowest BCUT2D eigenvalue weighted by molar-refractivity contribution is 0.217. The van der Waals surface area contributed by atoms with Gasteiger partial charge in [0, 0.05) is 17.8 Å². The predicted octanol–water partition coefficient (Wildman–Crippen LogP) is 4.49. The average molecular weight is 312 g/mol. The average Bonchev–Trinajstić information content (AvgIpc) is 2.46. The van der Waals surface area contributed by atoms with Gasteiger partial charge in [0.1, 0.15) is 24.7 Å². The van der Waals surface area contributed by atoms with E-state index < -0.39 is 0 Å². The Hall–Kier alpha value is -1.58. The maximum atomic E-state index is 6.00. The second-order valence-electron chi connectivity index (χ2n) is 4.05. The van der Waals surface area contributed by atoms with Gasteiger partial charge in [0.25, 0.3) is 0 Å². The maximum Gasteiger partial charge on any atom is 0.138 e. The molecule has 1 N–H and O–H groups in total. The van der Waals surface area contributed by atoms with Crippen molar-refractivity contribution in [3.8, 4) is 11.5 Å². The summed E-state index contributed by atoms with van der Waals surface area (Å²) in [5, 5.41) is 4.13. The van der Waals surface area contributed by atoms with Gasteiger partial charge < -0.3 is 14.8 Å². The minimum atomic E-state index is 0.412. The summed E-state index contributed by atoms with van der Waals surface area (Å²) in [4.78, 5) is 0. The normalized spacial score (nSPS) is 10.2. The molecule has 3 nitrogen and oxygen atoms in total. The van der Waals surface area contributed by atoms with Crippen molar-refractivity contribution in [3.05, 3.63) is 52.5 Å². The summed E-state index contributed by atoms with van der Waals surface area (Å²) in [6.07, 6.45) is 0. The van der Waals surface area contributed by atoms with Gasteiger partial charge in [0.05, 0.1) is 5.02 Å². The summed E-state index contributed by atoms with van der Waals surface area (Å²) < 4.78 is 11.1. The number of benzene rings is 2. The fraction of sp³-hybridized carbons (Fsp3) is 0.200. The molecule has 0 heterocycles. The van der Waals surface area contributed by atoms with Gasteiger partial charge in [-0.1, -0.05) is 23.2 Å². The number of hydrogen-bond acceptors (Lipinski definition) is 3. The number of rotatable bonds is 6. The van der Waals surface area contributed by atoms with Crippen molar-refractivity contribution in [2.24, 2.45) is 0 Å². The zero-order chi connectivity index (χ0) is 14.4. The SMILES string of the molecule is CNc1ccc(OCCOc2ccc(Cl)cc2Cl)cc1. The van der Waals surface area contributed by atoms with Crippen molar-refractivity contribution in [2.75, 3.05) is 25.6 Å². The summed E-state index contributed by atoms with van der Waals surface area (Å²) in [5.74, 6) is 1.40. The molecule has 0 aliphatic heterocycles. The summed E-state index contributed by atoms with van der Waals surface area (Å²) in [6.45, 7) is 0.854. The Morgan fingerprint density at radius 2 is 1.65 bits per heavy atom. The van der Waals surface area contributed by atoms with E-state index in [0.29, 0.717) is 29.0 Å². The van der Waals surface area contributed by atoms with Gasteiger partial charge in [0.15, 0.2) is 0 Å². The fourth-order valence-electron chi connectivity index (χ4n) is 1.62. The Kier molecular flexibility index (Phi) is 5.39. The Morgan fingerprint density at radius 3 is 2.30 bits per heavy atom. The van der Waals surface area contributed by atoms with Gasteiger partial charge in [-0.3, -0.25) is 0 Å². The summed E-state index contributed by atoms with van der Waals surface area (Å²) in [7, 11) is 1.87. The standard InChI is InChI=1S/C15H15Cl2NO2/c1-18-12-3-5-13(6-4-12)19-8-9-20-15-7-2-11(16)10-14(15)17/h2-7,10,18H,8-9H2,1H3. The van der Waals surface area contributed by atoms with Crippen LogP contribution in [0.2, 0.25) is 10.0 Å². The first kappa shape index (κ1) is 14.8. The number of anilines is 1. The molecule has 20 heavy (non-hydrogen) atoms. The largest absolute Gasteiger partial charge is 0.490 e. The molecule has 0 atom stereocenters. The van der Waals surface area contributed by atoms with Crippen LogP contribution in [0.3, 0.4) is 0 Å². The van der Waals surface area contributed by atoms with E-state index in [1.54, 1.807) is 18.2 Å². The molecule has 106 valence electrons. The third-order valence-corrected chi connectivity index (χ3v) is 3.18. The van der Waals surface area contributed by atoms with Crippen molar-refractivity contribution in [3.63, 3.8) is 0 Å². The van der Waals surface area contributed by atoms with Crippen LogP contribution in [-0.2, 0) is 0 Å². The molecule has 0 aliphatic rings. The molecule has 0 unspecified atom stereocenters. The highest BCUT2D eigenvalue weighted by atomic mass is 35.5. The van der Waals surface area contributed by atoms with E-state index in [0.717, 1.165) is 11.4 Å². The first-order valence-corrected chi connectivity index (χ1v) is 6.93. The zero-order valence-electron chi connectivity index (χ0n) is 11.0. The Labute approximate surface area is 128 Å². The van der Waals surface area contributed by atoms with Crippen molar-refractivity contribution in [2.45, 2.75) is 0 Å². The lowest BCUT2D eigenvalue weighted by Crippen LogP contribution is -2.09. The van der Waals surface area contributed by atoms with E-state index in [-0.39, 0.29) is 0 Å². The molecule has 2 aromatic rings. The van der Waals surface area contributed by atoms with Crippen LogP contribution in [-0.4, -0.2) is 20.3 Å². The molecule has 0 radical (unpaired) electrons. The lowest BCUT2D eigenvalue weighted by atomic mass is 10.3. The molecular formula is C15H15Cl2NO2. The topological polar surface area (TPSA) is 30.5 Å². The quantitative estimate of drug-likeness (QED) is 0.797. The van der Waals surface area contributed by atoms with Crippen LogP contribution < -0.4 is 14.8 Å². The molecule has 0 aromatic heterocycles. The molecular weight excluding hydrogens is 297 g/mol. The third kappa shape index (κ3) is 4.22. The van der Waals surface area contributed by atoms with Crippen molar-refractivity contribution in [1.82, 2.24) is 0 Å². The van der Waals surface area contributed by atoms with Gasteiger partial charge in [-0.25, -0.2) is 0 Å². The van der Waals surface area contributed by atoms with Crippen molar-refractivity contribution < 1.29 is 9.47 Å². The monoisotopic (exact) mass is 311 g/mol. The molecule has 0 aliphatic carbocycles. The smallest absolute Gasteiger partial charge is 0.138 e. The second-order valence-corrected chi connectivity index (χ2v) is 4.89. The van der Waals surface area contributed by atoms with Gasteiger partial charge in [-0.2, -0.15) is 0 Å². The first-order valence-electron chi connectivity index (χ1n) is 6.17. The van der Waals surface area contributed by atoms with Crippen LogP contribution in [0.5, 0.6) is 11.5 Å². The summed E-state index contributed by atoms with van der Waals surface area (Å²) in [5.41, 5.74) is 1.04. The van der Waals surface area contributed by atoms with Crippen LogP contribution >= 0.6 is 23.2 Å². The third-order valence-electron chi connectivity index (χ3n) is 2.65. The summed E-state index contributed by atoms with van der Waals surface area (Å²) >= 11 is 11.8. The highest BCUT2D eigenvalue weighted by molar-refractivity contribution is 6.35. The minimum absolute atomic E-state index is 0.412. The predicted molar refractivity (Wildman–Crippen MR) is 83.4 cm³/mol. The number of nitrogens with one attached hydrogen (secondary N) is 1. The highest BCUT2D eigenvalue weighted by Crippen LogP contribution is 2.27. The van der Waals surface area contributed by atoms with E-state index in [4.69, 9.17) is 32.7 Å². The highest BCUT2D eigenvalue weighted by Gasteiger charge is 2.02. The first-order chi connectivity index (χ1) is 9.69. The second kappa shape index (κ2) is 7.27. The molecule has 0 bridgehead atoms. The molecule has 2 aromatic carbocycles. The van der Waals surface area contributed by atoms with E-state index >= 15 is 0 Å². The lowest BCUT2D eigenvalue weighted by Gasteiger charge is -2.10. The van der Waals surface area contributed by atoms with E-state index in [2.05, 4.69) is 5.32 Å². The van der Waals surface area contributed by atoms with Crippen molar-refractivity contribution >= 4 is 28.9 Å². The van der Waals surface area contributed by atoms with Crippen LogP contribution in [0.25, 0.3) is 0 Å². The molecule has 0 saturated carbocycles. The molecule has 0 fully saturated rings. The summed E-state index contributed by atoms with van der Waals surface area (Å²) in [6, 6.07) is 12.8. The van der Waals surface area contributed by atoms with Gasteiger partial charge in [-0.05, 0) is 42.5 Å². The number of hydrogen-bond donors (Lipinski definition) is 1. The van der Waals surface area contributed by atoms with Crippen LogP contribution in [0.4, 0.5) is 5.69 Å². The molecule has 0 spiro atoms. The van der Waals surface area contributed by atoms with Crippen LogP contribution in [0, 0.1) is 0 Å². The Balaban J connectivity index is 1.78. The zero-order valence-corrected chi connectivity index (χ0v) is 12.5. The van der Waals surface area contributed by atoms with Crippen LogP contribution in [0.1, 0.15) is 0 Å².